The van der Waals surface area contributed by atoms with Crippen LogP contribution in [0.5, 0.6) is 5.75 Å². The van der Waals surface area contributed by atoms with E-state index < -0.39 is 5.97 Å². The molecule has 0 amide bonds. The van der Waals surface area contributed by atoms with Gasteiger partial charge in [0.25, 0.3) is 0 Å². The molecule has 2 aromatic rings. The third-order valence-electron chi connectivity index (χ3n) is 2.29. The molecule has 0 aliphatic rings. The Balaban J connectivity index is 2.62. The number of carboxylic acid groups (broad SMARTS) is 1. The van der Waals surface area contributed by atoms with Crippen LogP contribution in [0.15, 0.2) is 22.8 Å². The largest absolute Gasteiger partial charge is 0.507 e. The summed E-state index contributed by atoms with van der Waals surface area (Å²) in [6.45, 7) is 0. The molecule has 0 spiro atoms. The zero-order chi connectivity index (χ0) is 12.6. The van der Waals surface area contributed by atoms with Crippen LogP contribution in [-0.2, 0) is 7.05 Å². The number of phenols is 1. The Morgan fingerprint density at radius 3 is 2.71 bits per heavy atom. The van der Waals surface area contributed by atoms with E-state index in [-0.39, 0.29) is 11.3 Å². The van der Waals surface area contributed by atoms with Crippen LogP contribution in [0.25, 0.3) is 11.3 Å². The van der Waals surface area contributed by atoms with E-state index in [2.05, 4.69) is 26.2 Å². The van der Waals surface area contributed by atoms with E-state index in [1.807, 2.05) is 0 Å². The maximum Gasteiger partial charge on any atom is 0.339 e. The quantitative estimate of drug-likeness (QED) is 0.880. The summed E-state index contributed by atoms with van der Waals surface area (Å²) in [5.74, 6) is -1.46. The normalized spacial score (nSPS) is 10.5. The third-order valence-corrected chi connectivity index (χ3v) is 2.82. The van der Waals surface area contributed by atoms with Crippen LogP contribution < -0.4 is 0 Å². The molecule has 2 rings (SSSR count). The number of aromatic carboxylic acids is 1. The second kappa shape index (κ2) is 4.17. The number of nitrogens with zero attached hydrogens (tertiary/aromatic N) is 3. The van der Waals surface area contributed by atoms with Gasteiger partial charge in [0, 0.05) is 12.6 Å². The zero-order valence-corrected chi connectivity index (χ0v) is 10.3. The van der Waals surface area contributed by atoms with Gasteiger partial charge in [-0.1, -0.05) is 5.21 Å². The van der Waals surface area contributed by atoms with Gasteiger partial charge in [-0.3, -0.25) is 0 Å². The minimum atomic E-state index is -1.18. The SMILES string of the molecule is Cn1nnc(Br)c1-c1ccc(O)c(C(=O)O)c1. The molecule has 0 bridgehead atoms. The predicted molar refractivity (Wildman–Crippen MR) is 62.8 cm³/mol. The highest BCUT2D eigenvalue weighted by atomic mass is 79.9. The predicted octanol–water partition coefficient (Wildman–Crippen LogP) is 1.65. The average molecular weight is 298 g/mol. The molecule has 0 saturated carbocycles. The Hall–Kier alpha value is -1.89. The van der Waals surface area contributed by atoms with E-state index in [4.69, 9.17) is 5.11 Å². The lowest BCUT2D eigenvalue weighted by Crippen LogP contribution is -1.99. The van der Waals surface area contributed by atoms with Gasteiger partial charge in [-0.15, -0.1) is 5.10 Å². The summed E-state index contributed by atoms with van der Waals surface area (Å²) in [5.41, 5.74) is 1.10. The lowest BCUT2D eigenvalue weighted by atomic mass is 10.1. The highest BCUT2D eigenvalue weighted by molar-refractivity contribution is 9.10. The summed E-state index contributed by atoms with van der Waals surface area (Å²) in [7, 11) is 1.69. The number of hydrogen-bond donors (Lipinski definition) is 2. The summed E-state index contributed by atoms with van der Waals surface area (Å²) >= 11 is 3.23. The molecule has 0 aliphatic carbocycles. The van der Waals surface area contributed by atoms with Gasteiger partial charge in [0.2, 0.25) is 0 Å². The highest BCUT2D eigenvalue weighted by Crippen LogP contribution is 2.29. The van der Waals surface area contributed by atoms with Crippen molar-refractivity contribution in [2.75, 3.05) is 0 Å². The van der Waals surface area contributed by atoms with Gasteiger partial charge in [0.15, 0.2) is 4.60 Å². The van der Waals surface area contributed by atoms with E-state index in [0.717, 1.165) is 0 Å². The molecule has 0 saturated heterocycles. The standard InChI is InChI=1S/C10H8BrN3O3/c1-14-8(9(11)12-13-14)5-2-3-7(15)6(4-5)10(16)17/h2-4,15H,1H3,(H,16,17). The Labute approximate surface area is 105 Å². The fraction of sp³-hybridized carbons (Fsp3) is 0.100. The first-order valence-electron chi connectivity index (χ1n) is 4.62. The lowest BCUT2D eigenvalue weighted by molar-refractivity contribution is 0.0694. The number of aromatic nitrogens is 3. The van der Waals surface area contributed by atoms with E-state index in [1.165, 1.54) is 16.8 Å². The first kappa shape index (κ1) is 11.6. The van der Waals surface area contributed by atoms with Gasteiger partial charge in [-0.25, -0.2) is 9.48 Å². The molecular formula is C10H8BrN3O3. The lowest BCUT2D eigenvalue weighted by Gasteiger charge is -2.05. The summed E-state index contributed by atoms with van der Waals surface area (Å²) in [6, 6.07) is 4.31. The smallest absolute Gasteiger partial charge is 0.339 e. The fourth-order valence-corrected chi connectivity index (χ4v) is 2.05. The number of hydrogen-bond acceptors (Lipinski definition) is 4. The third kappa shape index (κ3) is 2.01. The van der Waals surface area contributed by atoms with Crippen LogP contribution in [-0.4, -0.2) is 31.2 Å². The molecule has 1 aromatic carbocycles. The van der Waals surface area contributed by atoms with Gasteiger partial charge >= 0.3 is 5.97 Å². The molecule has 0 radical (unpaired) electrons. The van der Waals surface area contributed by atoms with Crippen molar-refractivity contribution in [3.63, 3.8) is 0 Å². The summed E-state index contributed by atoms with van der Waals surface area (Å²) in [5, 5.41) is 25.9. The van der Waals surface area contributed by atoms with Gasteiger partial charge in [0.1, 0.15) is 17.0 Å². The van der Waals surface area contributed by atoms with Crippen LogP contribution in [0.3, 0.4) is 0 Å². The van der Waals surface area contributed by atoms with E-state index in [9.17, 15) is 9.90 Å². The second-order valence-corrected chi connectivity index (χ2v) is 4.14. The molecular weight excluding hydrogens is 290 g/mol. The first-order chi connectivity index (χ1) is 8.00. The fourth-order valence-electron chi connectivity index (χ4n) is 1.49. The minimum absolute atomic E-state index is 0.157. The number of aryl methyl sites for hydroxylation is 1. The average Bonchev–Trinajstić information content (AvgIpc) is 2.59. The van der Waals surface area contributed by atoms with Crippen LogP contribution in [0.1, 0.15) is 10.4 Å². The molecule has 88 valence electrons. The van der Waals surface area contributed by atoms with Crippen molar-refractivity contribution in [1.29, 1.82) is 0 Å². The molecule has 17 heavy (non-hydrogen) atoms. The summed E-state index contributed by atoms with van der Waals surface area (Å²) in [6.07, 6.45) is 0. The second-order valence-electron chi connectivity index (χ2n) is 3.39. The number of rotatable bonds is 2. The van der Waals surface area contributed by atoms with Crippen molar-refractivity contribution in [1.82, 2.24) is 15.0 Å². The Bertz CT molecular complexity index is 575. The molecule has 0 unspecified atom stereocenters. The number of carbonyl (C=O) groups is 1. The maximum atomic E-state index is 10.9. The Kier molecular flexibility index (Phi) is 2.84. The summed E-state index contributed by atoms with van der Waals surface area (Å²) < 4.78 is 2.03. The number of carboxylic acids is 1. The van der Waals surface area contributed by atoms with Gasteiger partial charge < -0.3 is 10.2 Å². The van der Waals surface area contributed by atoms with Crippen LogP contribution in [0, 0.1) is 0 Å². The Morgan fingerprint density at radius 2 is 2.18 bits per heavy atom. The van der Waals surface area contributed by atoms with Crippen LogP contribution >= 0.6 is 15.9 Å². The van der Waals surface area contributed by atoms with Crippen molar-refractivity contribution in [3.8, 4) is 17.0 Å². The topological polar surface area (TPSA) is 88.2 Å². The highest BCUT2D eigenvalue weighted by Gasteiger charge is 2.15. The number of benzene rings is 1. The number of halogens is 1. The molecule has 0 fully saturated rings. The van der Waals surface area contributed by atoms with Crippen molar-refractivity contribution in [3.05, 3.63) is 28.4 Å². The molecule has 0 aliphatic heterocycles. The van der Waals surface area contributed by atoms with E-state index in [1.54, 1.807) is 13.1 Å². The van der Waals surface area contributed by atoms with E-state index >= 15 is 0 Å². The van der Waals surface area contributed by atoms with Crippen LogP contribution in [0.2, 0.25) is 0 Å². The van der Waals surface area contributed by atoms with Crippen molar-refractivity contribution >= 4 is 21.9 Å². The first-order valence-corrected chi connectivity index (χ1v) is 5.42. The van der Waals surface area contributed by atoms with Crippen molar-refractivity contribution in [2.45, 2.75) is 0 Å². The molecule has 1 heterocycles. The van der Waals surface area contributed by atoms with Crippen molar-refractivity contribution < 1.29 is 15.0 Å². The molecule has 2 N–H and O–H groups in total. The monoisotopic (exact) mass is 297 g/mol. The molecule has 7 heteroatoms. The van der Waals surface area contributed by atoms with Gasteiger partial charge in [0.05, 0.1) is 0 Å². The zero-order valence-electron chi connectivity index (χ0n) is 8.75. The molecule has 1 aromatic heterocycles. The number of aromatic hydroxyl groups is 1. The van der Waals surface area contributed by atoms with E-state index in [0.29, 0.717) is 15.9 Å². The minimum Gasteiger partial charge on any atom is -0.507 e. The molecule has 0 atom stereocenters. The van der Waals surface area contributed by atoms with Gasteiger partial charge in [-0.05, 0) is 34.1 Å². The van der Waals surface area contributed by atoms with Gasteiger partial charge in [-0.2, -0.15) is 0 Å². The Morgan fingerprint density at radius 1 is 1.47 bits per heavy atom. The molecule has 6 nitrogen and oxygen atoms in total. The van der Waals surface area contributed by atoms with Crippen molar-refractivity contribution in [2.24, 2.45) is 7.05 Å². The summed E-state index contributed by atoms with van der Waals surface area (Å²) in [4.78, 5) is 10.9. The van der Waals surface area contributed by atoms with Crippen LogP contribution in [0.4, 0.5) is 0 Å². The maximum absolute atomic E-state index is 10.9.